The smallest absolute Gasteiger partial charge is 0.509 e. The third-order valence-electron chi connectivity index (χ3n) is 14.6. The third kappa shape index (κ3) is 10.4. The van der Waals surface area contributed by atoms with E-state index >= 15 is 0 Å². The maximum absolute atomic E-state index is 13.8. The number of rotatable bonds is 12. The fourth-order valence-electron chi connectivity index (χ4n) is 11.5. The molecule has 4 aliphatic rings. The van der Waals surface area contributed by atoms with E-state index in [4.69, 9.17) is 4.74 Å². The number of hydrogen-bond donors (Lipinski definition) is 0. The Balaban J connectivity index is 0.000000278. The second-order valence-electron chi connectivity index (χ2n) is 18.8. The lowest BCUT2D eigenvalue weighted by Crippen LogP contribution is -2.53. The van der Waals surface area contributed by atoms with E-state index in [9.17, 15) is 39.7 Å². The lowest BCUT2D eigenvalue weighted by Gasteiger charge is -2.58. The lowest BCUT2D eigenvalue weighted by molar-refractivity contribution is -0.253. The summed E-state index contributed by atoms with van der Waals surface area (Å²) in [5.74, 6) is 3.71. The predicted octanol–water partition coefficient (Wildman–Crippen LogP) is 13.4. The van der Waals surface area contributed by atoms with E-state index in [-0.39, 0.29) is 22.7 Å². The zero-order valence-corrected chi connectivity index (χ0v) is 37.9. The molecule has 3 saturated carbocycles. The summed E-state index contributed by atoms with van der Waals surface area (Å²) < 4.78 is 108. The Morgan fingerprint density at radius 1 is 0.790 bits per heavy atom. The minimum Gasteiger partial charge on any atom is -0.743 e. The molecule has 0 amide bonds. The van der Waals surface area contributed by atoms with Gasteiger partial charge < -0.3 is 14.0 Å². The Labute approximate surface area is 367 Å². The second kappa shape index (κ2) is 19.4. The van der Waals surface area contributed by atoms with Crippen molar-refractivity contribution in [1.29, 1.82) is 0 Å². The van der Waals surface area contributed by atoms with Gasteiger partial charge in [0.25, 0.3) is 6.10 Å². The number of carbonyl (C=O) groups excluding carboxylic acids is 1. The van der Waals surface area contributed by atoms with Gasteiger partial charge in [0.1, 0.15) is 6.10 Å². The van der Waals surface area contributed by atoms with Crippen molar-refractivity contribution in [2.45, 2.75) is 144 Å². The highest BCUT2D eigenvalue weighted by Gasteiger charge is 2.64. The molecule has 9 atom stereocenters. The Morgan fingerprint density at radius 3 is 1.84 bits per heavy atom. The molecular formula is C49H61F5O6S2. The maximum atomic E-state index is 13.8. The van der Waals surface area contributed by atoms with Gasteiger partial charge in [-0.25, -0.2) is 13.2 Å². The molecule has 1 unspecified atom stereocenters. The van der Waals surface area contributed by atoms with Crippen LogP contribution < -0.4 is 0 Å². The van der Waals surface area contributed by atoms with E-state index in [2.05, 4.69) is 136 Å². The molecule has 0 saturated heterocycles. The van der Waals surface area contributed by atoms with Crippen LogP contribution in [-0.4, -0.2) is 42.8 Å². The molecule has 62 heavy (non-hydrogen) atoms. The van der Waals surface area contributed by atoms with Gasteiger partial charge in [-0.3, -0.25) is 0 Å². The number of hydrogen-bond acceptors (Lipinski definition) is 6. The van der Waals surface area contributed by atoms with Crippen LogP contribution in [0.2, 0.25) is 0 Å². The van der Waals surface area contributed by atoms with Crippen LogP contribution in [0.5, 0.6) is 0 Å². The average molecular weight is 905 g/mol. The maximum Gasteiger partial charge on any atom is 0.509 e. The number of benzene rings is 3. The van der Waals surface area contributed by atoms with Gasteiger partial charge in [0, 0.05) is 6.42 Å². The van der Waals surface area contributed by atoms with Crippen molar-refractivity contribution in [3.63, 3.8) is 0 Å². The second-order valence-corrected chi connectivity index (χ2v) is 22.3. The largest absolute Gasteiger partial charge is 0.743 e. The summed E-state index contributed by atoms with van der Waals surface area (Å²) in [6.45, 7) is 11.7. The first kappa shape index (κ1) is 48.0. The van der Waals surface area contributed by atoms with Crippen LogP contribution in [0.25, 0.3) is 0 Å². The molecule has 3 aromatic rings. The summed E-state index contributed by atoms with van der Waals surface area (Å²) >= 11 is 0. The van der Waals surface area contributed by atoms with Crippen LogP contribution in [0.4, 0.5) is 26.7 Å². The molecule has 3 fully saturated rings. The zero-order chi connectivity index (χ0) is 45.1. The molecule has 4 aliphatic carbocycles. The van der Waals surface area contributed by atoms with Crippen molar-refractivity contribution >= 4 is 27.2 Å². The van der Waals surface area contributed by atoms with Gasteiger partial charge in [-0.05, 0) is 128 Å². The topological polar surface area (TPSA) is 92.7 Å². The molecule has 6 nitrogen and oxygen atoms in total. The van der Waals surface area contributed by atoms with Gasteiger partial charge in [0.15, 0.2) is 24.8 Å². The normalized spacial score (nSPS) is 28.3. The standard InChI is InChI=1S/C31H47F5O6S.C18H15S/c1-18(2)7-6-8-19(3)23-11-12-24-22-10-9-20-17-21(13-15-28(20,4)25(22)14-16-29(23,24)5)41-27(37)42-26(30(32,33)34)31(35,36)43(38,39)40;1-4-10-16(11-5-1)19(17-12-6-2-7-13-17)18-14-8-3-9-15-18/h9,18-19,21-26H,6-8,10-17H2,1-5H3,(H,38,39,40);1-15H/q;+1/p-1/t19-,21+,22+,23-,24+,25+,26?,28+,29-;/m1./s1. The summed E-state index contributed by atoms with van der Waals surface area (Å²) in [6.07, 6.45) is -0.754. The summed E-state index contributed by atoms with van der Waals surface area (Å²) in [4.78, 5) is 16.2. The van der Waals surface area contributed by atoms with E-state index in [1.54, 1.807) is 0 Å². The summed E-state index contributed by atoms with van der Waals surface area (Å²) in [5.41, 5.74) is 1.20. The van der Waals surface area contributed by atoms with Gasteiger partial charge in [0.05, 0.1) is 10.9 Å². The van der Waals surface area contributed by atoms with Crippen LogP contribution >= 0.6 is 0 Å². The Kier molecular flexibility index (Phi) is 15.0. The first-order valence-corrected chi connectivity index (χ1v) is 24.7. The van der Waals surface area contributed by atoms with Crippen LogP contribution in [-0.2, 0) is 30.5 Å². The van der Waals surface area contributed by atoms with Crippen molar-refractivity contribution in [3.8, 4) is 0 Å². The molecule has 0 spiro atoms. The summed E-state index contributed by atoms with van der Waals surface area (Å²) in [6, 6.07) is 32.2. The van der Waals surface area contributed by atoms with E-state index in [1.165, 1.54) is 46.8 Å². The van der Waals surface area contributed by atoms with E-state index < -0.39 is 39.9 Å². The van der Waals surface area contributed by atoms with Gasteiger partial charge in [0.2, 0.25) is 0 Å². The number of fused-ring (bicyclic) bond motifs is 5. The fraction of sp³-hybridized carbons (Fsp3) is 0.571. The molecule has 0 N–H and O–H groups in total. The molecular weight excluding hydrogens is 844 g/mol. The molecule has 13 heteroatoms. The number of allylic oxidation sites excluding steroid dienone is 1. The van der Waals surface area contributed by atoms with Crippen LogP contribution in [0.15, 0.2) is 117 Å². The minimum atomic E-state index is -6.77. The third-order valence-corrected chi connectivity index (χ3v) is 17.7. The van der Waals surface area contributed by atoms with Crippen LogP contribution in [0.1, 0.15) is 105 Å². The monoisotopic (exact) mass is 904 g/mol. The van der Waals surface area contributed by atoms with E-state index in [0.717, 1.165) is 24.8 Å². The molecule has 0 bridgehead atoms. The Hall–Kier alpha value is -3.42. The zero-order valence-electron chi connectivity index (χ0n) is 36.3. The Bertz CT molecular complexity index is 1990. The number of alkyl halides is 5. The predicted molar refractivity (Wildman–Crippen MR) is 230 cm³/mol. The molecule has 3 aromatic carbocycles. The summed E-state index contributed by atoms with van der Waals surface area (Å²) in [5, 5.41) is -5.91. The Morgan fingerprint density at radius 2 is 1.34 bits per heavy atom. The molecule has 0 aromatic heterocycles. The molecule has 340 valence electrons. The average Bonchev–Trinajstić information content (AvgIpc) is 3.58. The van der Waals surface area contributed by atoms with E-state index in [0.29, 0.717) is 53.8 Å². The highest BCUT2D eigenvalue weighted by atomic mass is 32.2. The van der Waals surface area contributed by atoms with Gasteiger partial charge in [-0.2, -0.15) is 22.0 Å². The fourth-order valence-corrected chi connectivity index (χ4v) is 14.1. The first-order valence-electron chi connectivity index (χ1n) is 22.0. The number of ether oxygens (including phenoxy) is 2. The number of carbonyl (C=O) groups is 1. The SMILES string of the molecule is CC(C)CCC[C@@H](C)[C@H]1CC[C@H]2[C@@H]3CC=C4C[C@@H](OC(=O)OC(C(F)(F)F)C(F)(F)S(=O)(=O)[O-])CC[C@]4(C)[C@H]3CC[C@]12C.c1ccc([S+](c2ccccc2)c2ccccc2)cc1. The van der Waals surface area contributed by atoms with Crippen molar-refractivity contribution < 1.29 is 49.2 Å². The van der Waals surface area contributed by atoms with Crippen LogP contribution in [0, 0.1) is 46.3 Å². The molecule has 0 radical (unpaired) electrons. The van der Waals surface area contributed by atoms with Gasteiger partial charge in [-0.15, -0.1) is 0 Å². The molecule has 7 rings (SSSR count). The van der Waals surface area contributed by atoms with Gasteiger partial charge >= 0.3 is 17.6 Å². The quantitative estimate of drug-likeness (QED) is 0.0591. The van der Waals surface area contributed by atoms with Crippen molar-refractivity contribution in [3.05, 3.63) is 103 Å². The highest BCUT2D eigenvalue weighted by molar-refractivity contribution is 7.97. The molecule has 0 heterocycles. The highest BCUT2D eigenvalue weighted by Crippen LogP contribution is 2.67. The van der Waals surface area contributed by atoms with Crippen molar-refractivity contribution in [2.24, 2.45) is 46.3 Å². The lowest BCUT2D eigenvalue weighted by atomic mass is 9.47. The first-order chi connectivity index (χ1) is 29.2. The summed E-state index contributed by atoms with van der Waals surface area (Å²) in [7, 11) is -6.79. The minimum absolute atomic E-state index is 0.0146. The van der Waals surface area contributed by atoms with Crippen molar-refractivity contribution in [2.75, 3.05) is 0 Å². The van der Waals surface area contributed by atoms with Crippen LogP contribution in [0.3, 0.4) is 0 Å². The van der Waals surface area contributed by atoms with Crippen molar-refractivity contribution in [1.82, 2.24) is 0 Å². The van der Waals surface area contributed by atoms with E-state index in [1.807, 2.05) is 0 Å². The number of halogens is 5. The molecule has 0 aliphatic heterocycles. The van der Waals surface area contributed by atoms with Gasteiger partial charge in [-0.1, -0.05) is 120 Å².